The lowest BCUT2D eigenvalue weighted by Gasteiger charge is -2.21. The van der Waals surface area contributed by atoms with E-state index in [4.69, 9.17) is 23.2 Å². The molecule has 1 unspecified atom stereocenters. The lowest BCUT2D eigenvalue weighted by Crippen LogP contribution is -2.23. The Labute approximate surface area is 118 Å². The van der Waals surface area contributed by atoms with Gasteiger partial charge in [-0.2, -0.15) is 5.10 Å². The van der Waals surface area contributed by atoms with Gasteiger partial charge in [-0.1, -0.05) is 44.0 Å². The molecule has 0 aliphatic heterocycles. The van der Waals surface area contributed by atoms with E-state index in [1.165, 1.54) is 0 Å². The molecule has 0 aliphatic rings. The van der Waals surface area contributed by atoms with E-state index < -0.39 is 6.10 Å². The first kappa shape index (κ1) is 15.3. The van der Waals surface area contributed by atoms with Crippen LogP contribution in [0.3, 0.4) is 0 Å². The van der Waals surface area contributed by atoms with Gasteiger partial charge in [0.05, 0.1) is 5.69 Å². The van der Waals surface area contributed by atoms with Crippen LogP contribution in [0, 0.1) is 5.41 Å². The number of hydrogen-bond acceptors (Lipinski definition) is 3. The summed E-state index contributed by atoms with van der Waals surface area (Å²) in [4.78, 5) is 0. The molecule has 0 radical (unpaired) electrons. The molecule has 1 rings (SSSR count). The van der Waals surface area contributed by atoms with Crippen LogP contribution < -0.4 is 5.43 Å². The van der Waals surface area contributed by atoms with E-state index in [0.29, 0.717) is 11.4 Å². The van der Waals surface area contributed by atoms with Crippen molar-refractivity contribution in [2.45, 2.75) is 33.3 Å². The number of rotatable bonds is 4. The molecule has 100 valence electrons. The molecule has 1 aromatic rings. The zero-order valence-corrected chi connectivity index (χ0v) is 12.3. The van der Waals surface area contributed by atoms with E-state index in [1.807, 2.05) is 20.8 Å². The number of nitrogens with zero attached hydrogens (tertiary/aromatic N) is 1. The third-order valence-corrected chi connectivity index (χ3v) is 2.81. The van der Waals surface area contributed by atoms with Crippen LogP contribution >= 0.6 is 23.2 Å². The summed E-state index contributed by atoms with van der Waals surface area (Å²) in [5.41, 5.74) is 3.54. The van der Waals surface area contributed by atoms with Gasteiger partial charge in [-0.15, -0.1) is 0 Å². The minimum Gasteiger partial charge on any atom is -0.386 e. The first-order chi connectivity index (χ1) is 8.28. The average Bonchev–Trinajstić information content (AvgIpc) is 2.25. The molecule has 1 aromatic carbocycles. The molecule has 0 spiro atoms. The molecule has 5 heteroatoms. The topological polar surface area (TPSA) is 44.6 Å². The maximum Gasteiger partial charge on any atom is 0.154 e. The van der Waals surface area contributed by atoms with Crippen LogP contribution in [-0.4, -0.2) is 16.4 Å². The number of aliphatic hydroxyl groups is 1. The molecule has 0 saturated carbocycles. The lowest BCUT2D eigenvalue weighted by molar-refractivity contribution is 0.179. The lowest BCUT2D eigenvalue weighted by atomic mass is 9.89. The summed E-state index contributed by atoms with van der Waals surface area (Å²) in [6, 6.07) is 7.07. The number of hydrogen-bond donors (Lipinski definition) is 2. The van der Waals surface area contributed by atoms with E-state index in [0.717, 1.165) is 5.69 Å². The minimum atomic E-state index is -0.758. The van der Waals surface area contributed by atoms with Crippen molar-refractivity contribution >= 4 is 34.1 Å². The van der Waals surface area contributed by atoms with E-state index in [2.05, 4.69) is 10.5 Å². The standard InChI is InChI=1S/C13H18Cl2N2O/c1-13(2,3)8-11(18)12(15)17-16-10-6-4-9(14)5-7-10/h4-7,11,16,18H,8H2,1-3H3. The van der Waals surface area contributed by atoms with E-state index in [1.54, 1.807) is 24.3 Å². The predicted octanol–water partition coefficient (Wildman–Crippen LogP) is 4.10. The molecule has 0 aromatic heterocycles. The molecule has 3 nitrogen and oxygen atoms in total. The molecule has 1 atom stereocenters. The van der Waals surface area contributed by atoms with Gasteiger partial charge in [0.25, 0.3) is 0 Å². The first-order valence-corrected chi connectivity index (χ1v) is 6.46. The minimum absolute atomic E-state index is 0.00461. The van der Waals surface area contributed by atoms with Crippen molar-refractivity contribution in [2.75, 3.05) is 5.43 Å². The summed E-state index contributed by atoms with van der Waals surface area (Å²) >= 11 is 11.7. The number of halogens is 2. The highest BCUT2D eigenvalue weighted by Crippen LogP contribution is 2.22. The monoisotopic (exact) mass is 288 g/mol. The Bertz CT molecular complexity index is 410. The molecule has 0 fully saturated rings. The Morgan fingerprint density at radius 2 is 1.89 bits per heavy atom. The molecular weight excluding hydrogens is 271 g/mol. The second-order valence-electron chi connectivity index (χ2n) is 5.33. The Morgan fingerprint density at radius 3 is 2.39 bits per heavy atom. The maximum atomic E-state index is 9.85. The molecule has 18 heavy (non-hydrogen) atoms. The highest BCUT2D eigenvalue weighted by Gasteiger charge is 2.20. The summed E-state index contributed by atoms with van der Waals surface area (Å²) in [6.45, 7) is 6.10. The van der Waals surface area contributed by atoms with Crippen molar-refractivity contribution in [3.05, 3.63) is 29.3 Å². The van der Waals surface area contributed by atoms with Crippen LogP contribution in [-0.2, 0) is 0 Å². The van der Waals surface area contributed by atoms with Crippen LogP contribution in [0.5, 0.6) is 0 Å². The van der Waals surface area contributed by atoms with Gasteiger partial charge in [-0.05, 0) is 36.1 Å². The maximum absolute atomic E-state index is 9.85. The van der Waals surface area contributed by atoms with Crippen molar-refractivity contribution in [2.24, 2.45) is 10.5 Å². The smallest absolute Gasteiger partial charge is 0.154 e. The van der Waals surface area contributed by atoms with Gasteiger partial charge in [0.1, 0.15) is 6.10 Å². The molecule has 0 aliphatic carbocycles. The zero-order chi connectivity index (χ0) is 13.8. The summed E-state index contributed by atoms with van der Waals surface area (Å²) < 4.78 is 0. The van der Waals surface area contributed by atoms with Crippen molar-refractivity contribution in [3.8, 4) is 0 Å². The Kier molecular flexibility index (Phi) is 5.45. The number of anilines is 1. The normalized spacial score (nSPS) is 14.4. The molecule has 0 saturated heterocycles. The summed E-state index contributed by atoms with van der Waals surface area (Å²) in [6.07, 6.45) is -0.205. The van der Waals surface area contributed by atoms with Crippen LogP contribution in [0.2, 0.25) is 5.02 Å². The first-order valence-electron chi connectivity index (χ1n) is 5.71. The zero-order valence-electron chi connectivity index (χ0n) is 10.7. The summed E-state index contributed by atoms with van der Waals surface area (Å²) in [5.74, 6) is 0. The SMILES string of the molecule is CC(C)(C)CC(O)C(Cl)=NNc1ccc(Cl)cc1. The van der Waals surface area contributed by atoms with Gasteiger partial charge >= 0.3 is 0 Å². The summed E-state index contributed by atoms with van der Waals surface area (Å²) in [5, 5.41) is 14.6. The highest BCUT2D eigenvalue weighted by molar-refractivity contribution is 6.66. The fourth-order valence-corrected chi connectivity index (χ4v) is 1.63. The van der Waals surface area contributed by atoms with Crippen LogP contribution in [0.25, 0.3) is 0 Å². The van der Waals surface area contributed by atoms with Crippen LogP contribution in [0.15, 0.2) is 29.4 Å². The Hall–Kier alpha value is -0.770. The predicted molar refractivity (Wildman–Crippen MR) is 78.4 cm³/mol. The number of benzene rings is 1. The van der Waals surface area contributed by atoms with E-state index >= 15 is 0 Å². The second kappa shape index (κ2) is 6.41. The molecular formula is C13H18Cl2N2O. The fraction of sp³-hybridized carbons (Fsp3) is 0.462. The summed E-state index contributed by atoms with van der Waals surface area (Å²) in [7, 11) is 0. The van der Waals surface area contributed by atoms with E-state index in [9.17, 15) is 5.11 Å². The second-order valence-corrected chi connectivity index (χ2v) is 6.16. The van der Waals surface area contributed by atoms with Crippen molar-refractivity contribution in [3.63, 3.8) is 0 Å². The number of aliphatic hydroxyl groups excluding tert-OH is 1. The number of hydrazone groups is 1. The van der Waals surface area contributed by atoms with Gasteiger partial charge in [0, 0.05) is 5.02 Å². The van der Waals surface area contributed by atoms with Gasteiger partial charge in [-0.3, -0.25) is 5.43 Å². The van der Waals surface area contributed by atoms with Crippen molar-refractivity contribution in [1.82, 2.24) is 0 Å². The van der Waals surface area contributed by atoms with Gasteiger partial charge < -0.3 is 5.11 Å². The van der Waals surface area contributed by atoms with Gasteiger partial charge in [-0.25, -0.2) is 0 Å². The van der Waals surface area contributed by atoms with Crippen LogP contribution in [0.1, 0.15) is 27.2 Å². The quantitative estimate of drug-likeness (QED) is 0.647. The van der Waals surface area contributed by atoms with E-state index in [-0.39, 0.29) is 10.6 Å². The molecule has 0 heterocycles. The molecule has 0 bridgehead atoms. The Balaban J connectivity index is 2.58. The van der Waals surface area contributed by atoms with Crippen molar-refractivity contribution < 1.29 is 5.11 Å². The van der Waals surface area contributed by atoms with Crippen LogP contribution in [0.4, 0.5) is 5.69 Å². The highest BCUT2D eigenvalue weighted by atomic mass is 35.5. The molecule has 0 amide bonds. The largest absolute Gasteiger partial charge is 0.386 e. The van der Waals surface area contributed by atoms with Gasteiger partial charge in [0.15, 0.2) is 5.17 Å². The third kappa shape index (κ3) is 5.71. The Morgan fingerprint density at radius 1 is 1.33 bits per heavy atom. The van der Waals surface area contributed by atoms with Gasteiger partial charge in [0.2, 0.25) is 0 Å². The molecule has 2 N–H and O–H groups in total. The van der Waals surface area contributed by atoms with Crippen molar-refractivity contribution in [1.29, 1.82) is 0 Å². The average molecular weight is 289 g/mol. The number of nitrogens with one attached hydrogen (secondary N) is 1. The fourth-order valence-electron chi connectivity index (χ4n) is 1.38. The third-order valence-electron chi connectivity index (χ3n) is 2.22.